The lowest BCUT2D eigenvalue weighted by atomic mass is 10.1. The first-order valence-corrected chi connectivity index (χ1v) is 10.5. The molecule has 5 nitrogen and oxygen atoms in total. The second kappa shape index (κ2) is 6.37. The molecule has 0 saturated heterocycles. The number of nitrogens with zero attached hydrogens (tertiary/aromatic N) is 4. The lowest BCUT2D eigenvalue weighted by Gasteiger charge is -2.29. The van der Waals surface area contributed by atoms with Gasteiger partial charge in [0, 0.05) is 34.8 Å². The van der Waals surface area contributed by atoms with Gasteiger partial charge < -0.3 is 4.90 Å². The van der Waals surface area contributed by atoms with Crippen molar-refractivity contribution in [2.24, 2.45) is 0 Å². The van der Waals surface area contributed by atoms with Crippen LogP contribution in [0, 0.1) is 0 Å². The second-order valence-corrected chi connectivity index (χ2v) is 8.70. The number of aromatic nitrogens is 3. The van der Waals surface area contributed by atoms with Crippen LogP contribution in [0.25, 0.3) is 11.0 Å². The maximum atomic E-state index is 13.6. The maximum Gasteiger partial charge on any atom is 0.259 e. The number of benzene rings is 1. The average Bonchev–Trinajstić information content (AvgIpc) is 3.45. The van der Waals surface area contributed by atoms with Crippen LogP contribution in [-0.4, -0.2) is 33.0 Å². The van der Waals surface area contributed by atoms with Crippen molar-refractivity contribution in [2.45, 2.75) is 43.5 Å². The summed E-state index contributed by atoms with van der Waals surface area (Å²) in [6.07, 6.45) is 4.12. The van der Waals surface area contributed by atoms with Gasteiger partial charge in [-0.1, -0.05) is 12.1 Å². The molecule has 3 heterocycles. The molecule has 138 valence electrons. The van der Waals surface area contributed by atoms with Gasteiger partial charge in [0.05, 0.1) is 22.8 Å². The molecule has 1 amide bonds. The van der Waals surface area contributed by atoms with Crippen LogP contribution < -0.4 is 4.90 Å². The molecule has 2 aromatic heterocycles. The number of carbonyl (C=O) groups is 1. The SMILES string of the molecule is CC(C)n1ncc2c(C(=O)N3CCSc4ccccc43)cc(C3CC3)nc21. The van der Waals surface area contributed by atoms with Crippen molar-refractivity contribution in [3.63, 3.8) is 0 Å². The summed E-state index contributed by atoms with van der Waals surface area (Å²) >= 11 is 1.81. The first kappa shape index (κ1) is 16.8. The Labute approximate surface area is 162 Å². The molecule has 6 heteroatoms. The van der Waals surface area contributed by atoms with Crippen LogP contribution in [0.3, 0.4) is 0 Å². The predicted molar refractivity (Wildman–Crippen MR) is 109 cm³/mol. The van der Waals surface area contributed by atoms with Gasteiger partial charge in [-0.25, -0.2) is 9.67 Å². The third-order valence-electron chi connectivity index (χ3n) is 5.28. The van der Waals surface area contributed by atoms with Crippen LogP contribution in [0.4, 0.5) is 5.69 Å². The van der Waals surface area contributed by atoms with Gasteiger partial charge in [0.25, 0.3) is 5.91 Å². The maximum absolute atomic E-state index is 13.6. The first-order valence-electron chi connectivity index (χ1n) is 9.55. The molecule has 1 saturated carbocycles. The predicted octanol–water partition coefficient (Wildman–Crippen LogP) is 4.64. The van der Waals surface area contributed by atoms with E-state index in [0.717, 1.165) is 53.1 Å². The number of carbonyl (C=O) groups excluding carboxylic acids is 1. The van der Waals surface area contributed by atoms with Gasteiger partial charge in [0.2, 0.25) is 0 Å². The van der Waals surface area contributed by atoms with Crippen LogP contribution in [0.5, 0.6) is 0 Å². The molecule has 0 spiro atoms. The van der Waals surface area contributed by atoms with E-state index in [0.29, 0.717) is 5.92 Å². The summed E-state index contributed by atoms with van der Waals surface area (Å²) in [6, 6.07) is 10.4. The molecule has 5 rings (SSSR count). The van der Waals surface area contributed by atoms with E-state index < -0.39 is 0 Å². The van der Waals surface area contributed by atoms with Crippen molar-refractivity contribution in [3.05, 3.63) is 47.8 Å². The highest BCUT2D eigenvalue weighted by Gasteiger charge is 2.31. The van der Waals surface area contributed by atoms with E-state index in [1.165, 1.54) is 4.90 Å². The van der Waals surface area contributed by atoms with Crippen molar-refractivity contribution < 1.29 is 4.79 Å². The van der Waals surface area contributed by atoms with Gasteiger partial charge in [-0.3, -0.25) is 4.79 Å². The van der Waals surface area contributed by atoms with Crippen molar-refractivity contribution >= 4 is 34.4 Å². The van der Waals surface area contributed by atoms with E-state index in [-0.39, 0.29) is 11.9 Å². The third kappa shape index (κ3) is 2.83. The molecule has 0 N–H and O–H groups in total. The Bertz CT molecular complexity index is 1040. The topological polar surface area (TPSA) is 51.0 Å². The molecular weight excluding hydrogens is 356 g/mol. The van der Waals surface area contributed by atoms with Crippen molar-refractivity contribution in [1.29, 1.82) is 0 Å². The van der Waals surface area contributed by atoms with Crippen LogP contribution in [0.15, 0.2) is 41.4 Å². The normalized spacial score (nSPS) is 16.8. The number of thioether (sulfide) groups is 1. The van der Waals surface area contributed by atoms with E-state index in [1.54, 1.807) is 6.20 Å². The molecule has 3 aromatic rings. The van der Waals surface area contributed by atoms with E-state index in [1.807, 2.05) is 45.6 Å². The second-order valence-electron chi connectivity index (χ2n) is 7.56. The highest BCUT2D eigenvalue weighted by Crippen LogP contribution is 2.41. The summed E-state index contributed by atoms with van der Waals surface area (Å²) in [5.74, 6) is 1.46. The summed E-state index contributed by atoms with van der Waals surface area (Å²) in [5.41, 5.74) is 3.61. The third-order valence-corrected chi connectivity index (χ3v) is 6.32. The number of rotatable bonds is 3. The van der Waals surface area contributed by atoms with E-state index >= 15 is 0 Å². The molecule has 0 unspecified atom stereocenters. The molecule has 27 heavy (non-hydrogen) atoms. The van der Waals surface area contributed by atoms with Crippen LogP contribution in [0.2, 0.25) is 0 Å². The van der Waals surface area contributed by atoms with Crippen LogP contribution >= 0.6 is 11.8 Å². The van der Waals surface area contributed by atoms with Gasteiger partial charge in [0.15, 0.2) is 5.65 Å². The van der Waals surface area contributed by atoms with Gasteiger partial charge in [0.1, 0.15) is 0 Å². The van der Waals surface area contributed by atoms with Gasteiger partial charge in [-0.15, -0.1) is 11.8 Å². The minimum atomic E-state index is 0.0559. The lowest BCUT2D eigenvalue weighted by molar-refractivity contribution is 0.0989. The minimum Gasteiger partial charge on any atom is -0.306 e. The molecule has 1 fully saturated rings. The monoisotopic (exact) mass is 378 g/mol. The molecular formula is C21H22N4OS. The Morgan fingerprint density at radius 2 is 2.07 bits per heavy atom. The molecule has 1 aromatic carbocycles. The Morgan fingerprint density at radius 3 is 2.85 bits per heavy atom. The number of amides is 1. The highest BCUT2D eigenvalue weighted by atomic mass is 32.2. The fourth-order valence-electron chi connectivity index (χ4n) is 3.71. The quantitative estimate of drug-likeness (QED) is 0.666. The Morgan fingerprint density at radius 1 is 1.26 bits per heavy atom. The fraction of sp³-hybridized carbons (Fsp3) is 0.381. The number of para-hydroxylation sites is 1. The summed E-state index contributed by atoms with van der Waals surface area (Å²) < 4.78 is 1.93. The van der Waals surface area contributed by atoms with E-state index in [9.17, 15) is 4.79 Å². The Balaban J connectivity index is 1.65. The van der Waals surface area contributed by atoms with Crippen molar-refractivity contribution in [1.82, 2.24) is 14.8 Å². The number of hydrogen-bond acceptors (Lipinski definition) is 4. The van der Waals surface area contributed by atoms with Crippen molar-refractivity contribution in [2.75, 3.05) is 17.2 Å². The zero-order valence-electron chi connectivity index (χ0n) is 15.6. The standard InChI is InChI=1S/C21H22N4OS/c1-13(2)25-20-16(12-22-25)15(11-17(23-20)14-7-8-14)21(26)24-9-10-27-19-6-4-3-5-18(19)24/h3-6,11-14H,7-10H2,1-2H3. The zero-order valence-corrected chi connectivity index (χ0v) is 16.4. The average molecular weight is 379 g/mol. The molecule has 1 aliphatic carbocycles. The lowest BCUT2D eigenvalue weighted by Crippen LogP contribution is -2.35. The van der Waals surface area contributed by atoms with Crippen molar-refractivity contribution in [3.8, 4) is 0 Å². The van der Waals surface area contributed by atoms with Gasteiger partial charge in [-0.2, -0.15) is 5.10 Å². The number of hydrogen-bond donors (Lipinski definition) is 0. The molecule has 2 aliphatic rings. The Kier molecular flexibility index (Phi) is 3.97. The summed E-state index contributed by atoms with van der Waals surface area (Å²) in [6.45, 7) is 4.91. The van der Waals surface area contributed by atoms with E-state index in [4.69, 9.17) is 4.98 Å². The largest absolute Gasteiger partial charge is 0.306 e. The molecule has 0 atom stereocenters. The summed E-state index contributed by atoms with van der Waals surface area (Å²) in [7, 11) is 0. The number of pyridine rings is 1. The molecule has 0 bridgehead atoms. The Hall–Kier alpha value is -2.34. The van der Waals surface area contributed by atoms with E-state index in [2.05, 4.69) is 25.0 Å². The summed E-state index contributed by atoms with van der Waals surface area (Å²) in [4.78, 5) is 21.6. The van der Waals surface area contributed by atoms with Crippen LogP contribution in [0.1, 0.15) is 54.7 Å². The number of fused-ring (bicyclic) bond motifs is 2. The smallest absolute Gasteiger partial charge is 0.259 e. The zero-order chi connectivity index (χ0) is 18.5. The fourth-order valence-corrected chi connectivity index (χ4v) is 4.70. The number of anilines is 1. The molecule has 1 aliphatic heterocycles. The van der Waals surface area contributed by atoms with Gasteiger partial charge in [-0.05, 0) is 44.9 Å². The highest BCUT2D eigenvalue weighted by molar-refractivity contribution is 7.99. The minimum absolute atomic E-state index is 0.0559. The van der Waals surface area contributed by atoms with Crippen LogP contribution in [-0.2, 0) is 0 Å². The first-order chi connectivity index (χ1) is 13.1. The van der Waals surface area contributed by atoms with Gasteiger partial charge >= 0.3 is 0 Å². The summed E-state index contributed by atoms with van der Waals surface area (Å²) in [5, 5.41) is 5.38. The molecule has 0 radical (unpaired) electrons.